The zero-order chi connectivity index (χ0) is 40.7. The number of para-hydroxylation sites is 2. The molecule has 0 radical (unpaired) electrons. The van der Waals surface area contributed by atoms with E-state index in [0.717, 1.165) is 72.2 Å². The molecule has 0 spiro atoms. The number of hydrogen-bond donors (Lipinski definition) is 0. The van der Waals surface area contributed by atoms with Gasteiger partial charge < -0.3 is 8.98 Å². The van der Waals surface area contributed by atoms with Gasteiger partial charge in [-0.2, -0.15) is 0 Å². The maximum absolute atomic E-state index is 6.62. The van der Waals surface area contributed by atoms with E-state index >= 15 is 0 Å². The Morgan fingerprint density at radius 2 is 1.18 bits per heavy atom. The Morgan fingerprint density at radius 3 is 2.08 bits per heavy atom. The summed E-state index contributed by atoms with van der Waals surface area (Å²) in [4.78, 5) is 11.0. The zero-order valence-corrected chi connectivity index (χ0v) is 34.0. The maximum Gasteiger partial charge on any atom is 0.161 e. The van der Waals surface area contributed by atoms with E-state index < -0.39 is 0 Å². The van der Waals surface area contributed by atoms with Crippen LogP contribution in [0.5, 0.6) is 0 Å². The van der Waals surface area contributed by atoms with E-state index in [1.54, 1.807) is 0 Å². The molecule has 0 saturated heterocycles. The van der Waals surface area contributed by atoms with Crippen LogP contribution in [0.1, 0.15) is 16.7 Å². The maximum atomic E-state index is 6.62. The number of amidine groups is 1. The van der Waals surface area contributed by atoms with E-state index in [2.05, 4.69) is 186 Å². The molecule has 288 valence electrons. The normalized spacial score (nSPS) is 13.1. The summed E-state index contributed by atoms with van der Waals surface area (Å²) in [7, 11) is 0. The second kappa shape index (κ2) is 13.7. The molecule has 0 bridgehead atoms. The summed E-state index contributed by atoms with van der Waals surface area (Å²) in [6.45, 7) is 0. The molecule has 12 aromatic rings. The first-order valence-electron chi connectivity index (χ1n) is 20.8. The quantitative estimate of drug-likeness (QED) is 0.160. The Balaban J connectivity index is 1.12. The van der Waals surface area contributed by atoms with Crippen molar-refractivity contribution in [2.24, 2.45) is 9.98 Å². The van der Waals surface area contributed by atoms with E-state index in [0.29, 0.717) is 11.5 Å². The molecule has 1 aliphatic rings. The lowest BCUT2D eigenvalue weighted by Crippen LogP contribution is -2.05. The molecule has 0 amide bonds. The number of nitrogens with zero attached hydrogens (tertiary/aromatic N) is 3. The first-order valence-corrected chi connectivity index (χ1v) is 21.6. The first-order chi connectivity index (χ1) is 30.7. The summed E-state index contributed by atoms with van der Waals surface area (Å²) >= 11 is 1.82. The number of furan rings is 1. The van der Waals surface area contributed by atoms with E-state index in [4.69, 9.17) is 14.4 Å². The average Bonchev–Trinajstić information content (AvgIpc) is 3.94. The molecule has 62 heavy (non-hydrogen) atoms. The van der Waals surface area contributed by atoms with Gasteiger partial charge in [-0.15, -0.1) is 11.3 Å². The van der Waals surface area contributed by atoms with Crippen LogP contribution in [0.3, 0.4) is 0 Å². The number of hydrogen-bond acceptors (Lipinski definition) is 4. The largest absolute Gasteiger partial charge is 0.456 e. The van der Waals surface area contributed by atoms with Crippen molar-refractivity contribution >= 4 is 103 Å². The Hall–Kier alpha value is -8.08. The minimum atomic E-state index is 0.612. The van der Waals surface area contributed by atoms with Gasteiger partial charge in [0.2, 0.25) is 0 Å². The second-order valence-corrected chi connectivity index (χ2v) is 16.9. The van der Waals surface area contributed by atoms with Gasteiger partial charge in [0, 0.05) is 59.1 Å². The molecule has 0 aliphatic carbocycles. The summed E-state index contributed by atoms with van der Waals surface area (Å²) in [5.41, 5.74) is 15.1. The Kier molecular flexibility index (Phi) is 7.70. The Morgan fingerprint density at radius 1 is 0.452 bits per heavy atom. The molecule has 0 N–H and O–H groups in total. The van der Waals surface area contributed by atoms with Crippen molar-refractivity contribution in [2.75, 3.05) is 0 Å². The van der Waals surface area contributed by atoms with E-state index in [1.807, 2.05) is 35.6 Å². The Bertz CT molecular complexity index is 3970. The van der Waals surface area contributed by atoms with Crippen LogP contribution in [-0.2, 0) is 0 Å². The van der Waals surface area contributed by atoms with Crippen molar-refractivity contribution in [3.63, 3.8) is 0 Å². The van der Waals surface area contributed by atoms with Crippen molar-refractivity contribution in [1.29, 1.82) is 0 Å². The molecule has 13 rings (SSSR count). The summed E-state index contributed by atoms with van der Waals surface area (Å²) in [6.07, 6.45) is 2.02. The van der Waals surface area contributed by atoms with Crippen LogP contribution in [0.4, 0.5) is 0 Å². The highest BCUT2D eigenvalue weighted by atomic mass is 32.1. The van der Waals surface area contributed by atoms with Crippen LogP contribution in [0.25, 0.3) is 97.2 Å². The van der Waals surface area contributed by atoms with E-state index in [9.17, 15) is 0 Å². The van der Waals surface area contributed by atoms with Crippen molar-refractivity contribution < 1.29 is 4.42 Å². The molecular formula is C57H33N3OS. The number of benzene rings is 9. The van der Waals surface area contributed by atoms with Crippen molar-refractivity contribution in [3.8, 4) is 16.8 Å². The molecule has 4 nitrogen and oxygen atoms in total. The second-order valence-electron chi connectivity index (χ2n) is 15.8. The molecule has 4 heterocycles. The third-order valence-corrected chi connectivity index (χ3v) is 13.4. The van der Waals surface area contributed by atoms with Gasteiger partial charge >= 0.3 is 0 Å². The summed E-state index contributed by atoms with van der Waals surface area (Å²) in [5, 5.41) is 9.27. The number of aromatic nitrogens is 1. The predicted molar refractivity (Wildman–Crippen MR) is 261 cm³/mol. The Labute approximate surface area is 360 Å². The van der Waals surface area contributed by atoms with Crippen LogP contribution >= 0.6 is 11.3 Å². The van der Waals surface area contributed by atoms with Gasteiger partial charge in [0.1, 0.15) is 16.9 Å². The predicted octanol–water partition coefficient (Wildman–Crippen LogP) is 15.3. The van der Waals surface area contributed by atoms with E-state index in [1.165, 1.54) is 41.7 Å². The van der Waals surface area contributed by atoms with Gasteiger partial charge in [-0.1, -0.05) is 139 Å². The third kappa shape index (κ3) is 5.47. The number of allylic oxidation sites excluding steroid dienone is 1. The fourth-order valence-corrected chi connectivity index (χ4v) is 10.4. The fourth-order valence-electron chi connectivity index (χ4n) is 9.33. The molecule has 0 fully saturated rings. The van der Waals surface area contributed by atoms with Crippen LogP contribution in [0.2, 0.25) is 0 Å². The topological polar surface area (TPSA) is 42.8 Å². The fraction of sp³-hybridized carbons (Fsp3) is 0. The number of rotatable bonds is 5. The molecular weight excluding hydrogens is 775 g/mol. The van der Waals surface area contributed by atoms with Gasteiger partial charge in [0.15, 0.2) is 5.84 Å². The molecule has 9 aromatic carbocycles. The SMILES string of the molecule is C1=CC(c2ccc3sc4ccccc4c3c2)=NC(c2cccc(-c3ccccc3)c2)=NC=1c1ccc2oc3ccccc3c2c1-n1c2ccccc2c2cc3ccccc3cc21. The smallest absolute Gasteiger partial charge is 0.161 e. The summed E-state index contributed by atoms with van der Waals surface area (Å²) < 4.78 is 11.6. The van der Waals surface area contributed by atoms with Crippen LogP contribution < -0.4 is 0 Å². The lowest BCUT2D eigenvalue weighted by Gasteiger charge is -2.16. The van der Waals surface area contributed by atoms with Gasteiger partial charge in [0.05, 0.1) is 27.8 Å². The number of fused-ring (bicyclic) bond motifs is 10. The highest BCUT2D eigenvalue weighted by Gasteiger charge is 2.24. The van der Waals surface area contributed by atoms with Gasteiger partial charge in [-0.25, -0.2) is 9.98 Å². The molecule has 0 unspecified atom stereocenters. The zero-order valence-electron chi connectivity index (χ0n) is 33.2. The lowest BCUT2D eigenvalue weighted by atomic mass is 10.0. The summed E-state index contributed by atoms with van der Waals surface area (Å²) in [5.74, 6) is 0.612. The number of thiophene rings is 1. The minimum Gasteiger partial charge on any atom is -0.456 e. The van der Waals surface area contributed by atoms with Gasteiger partial charge in [-0.05, 0) is 82.6 Å². The van der Waals surface area contributed by atoms with Gasteiger partial charge in [0.25, 0.3) is 0 Å². The molecule has 1 aliphatic heterocycles. The first kappa shape index (κ1) is 34.8. The molecule has 5 heteroatoms. The third-order valence-electron chi connectivity index (χ3n) is 12.2. The van der Waals surface area contributed by atoms with Crippen LogP contribution in [0, 0.1) is 0 Å². The molecule has 0 saturated carbocycles. The standard InChI is InChI=1S/C57H33N3OS/c1-2-13-35(14-3-1)36-17-12-18-40(31-36)57-58-47(39-25-30-54-46(33-39)42-20-8-11-24-53(42)62-54)27-28-48(59-57)43-26-29-52-55(44-21-7-10-23-51(44)61-52)56(43)60-49-22-9-6-19-41(49)45-32-37-15-4-5-16-38(37)34-50(45)60/h1-27,29-34H. The van der Waals surface area contributed by atoms with Crippen LogP contribution in [-0.4, -0.2) is 16.1 Å². The summed E-state index contributed by atoms with van der Waals surface area (Å²) in [6, 6.07) is 68.8. The lowest BCUT2D eigenvalue weighted by molar-refractivity contribution is 0.669. The average molecular weight is 808 g/mol. The highest BCUT2D eigenvalue weighted by Crippen LogP contribution is 2.43. The minimum absolute atomic E-state index is 0.612. The van der Waals surface area contributed by atoms with Crippen molar-refractivity contribution in [1.82, 2.24) is 4.57 Å². The molecule has 3 aromatic heterocycles. The number of aliphatic imine (C=N–C) groups is 2. The van der Waals surface area contributed by atoms with Crippen molar-refractivity contribution in [2.45, 2.75) is 0 Å². The van der Waals surface area contributed by atoms with Crippen LogP contribution in [0.15, 0.2) is 220 Å². The molecule has 0 atom stereocenters. The van der Waals surface area contributed by atoms with Gasteiger partial charge in [-0.3, -0.25) is 0 Å². The highest BCUT2D eigenvalue weighted by molar-refractivity contribution is 7.25. The monoisotopic (exact) mass is 807 g/mol. The van der Waals surface area contributed by atoms with E-state index in [-0.39, 0.29) is 0 Å². The van der Waals surface area contributed by atoms with Crippen molar-refractivity contribution in [3.05, 3.63) is 223 Å².